The van der Waals surface area contributed by atoms with Gasteiger partial charge >= 0.3 is 6.09 Å². The highest BCUT2D eigenvalue weighted by Crippen LogP contribution is 2.43. The van der Waals surface area contributed by atoms with Gasteiger partial charge in [-0.2, -0.15) is 5.10 Å². The Hall–Kier alpha value is -2.00. The van der Waals surface area contributed by atoms with E-state index in [0.717, 1.165) is 35.0 Å². The maximum absolute atomic E-state index is 14.9. The van der Waals surface area contributed by atoms with Crippen molar-refractivity contribution in [1.29, 1.82) is 0 Å². The highest BCUT2D eigenvalue weighted by molar-refractivity contribution is 9.10. The molecule has 2 unspecified atom stereocenters. The normalized spacial score (nSPS) is 24.4. The number of hydrogen-bond acceptors (Lipinski definition) is 5. The van der Waals surface area contributed by atoms with E-state index in [1.54, 1.807) is 6.20 Å². The Morgan fingerprint density at radius 3 is 2.65 bits per heavy atom. The molecule has 1 amide bonds. The van der Waals surface area contributed by atoms with Crippen molar-refractivity contribution in [2.75, 3.05) is 18.0 Å². The summed E-state index contributed by atoms with van der Waals surface area (Å²) in [4.78, 5) is 15.1. The summed E-state index contributed by atoms with van der Waals surface area (Å²) >= 11 is 3.32. The number of hydrogen-bond donors (Lipinski definition) is 1. The van der Waals surface area contributed by atoms with Gasteiger partial charge in [0, 0.05) is 36.1 Å². The molecular formula is C17H16BrFN4O3. The third kappa shape index (κ3) is 2.16. The van der Waals surface area contributed by atoms with E-state index in [9.17, 15) is 14.3 Å². The van der Waals surface area contributed by atoms with Crippen LogP contribution in [0.5, 0.6) is 0 Å². The van der Waals surface area contributed by atoms with Gasteiger partial charge in [0.05, 0.1) is 29.6 Å². The first kappa shape index (κ1) is 16.2. The van der Waals surface area contributed by atoms with Crippen molar-refractivity contribution in [2.45, 2.75) is 38.1 Å². The van der Waals surface area contributed by atoms with Gasteiger partial charge in [-0.3, -0.25) is 0 Å². The highest BCUT2D eigenvalue weighted by atomic mass is 79.9. The molecule has 0 aliphatic carbocycles. The van der Waals surface area contributed by atoms with Crippen LogP contribution in [0.3, 0.4) is 0 Å². The topological polar surface area (TPSA) is 78.8 Å². The van der Waals surface area contributed by atoms with E-state index < -0.39 is 11.9 Å². The van der Waals surface area contributed by atoms with Gasteiger partial charge in [0.2, 0.25) is 0 Å². The SMILES string of the molecule is O=C(O)N1CC2CCC(C1)N2c1cnnc2c(F)c(Br)c3c(c12)COC3. The zero-order valence-corrected chi connectivity index (χ0v) is 15.4. The molecule has 3 aliphatic rings. The number of nitrogens with zero attached hydrogens (tertiary/aromatic N) is 4. The zero-order valence-electron chi connectivity index (χ0n) is 13.8. The van der Waals surface area contributed by atoms with Crippen LogP contribution < -0.4 is 4.90 Å². The predicted molar refractivity (Wildman–Crippen MR) is 94.6 cm³/mol. The molecule has 9 heteroatoms. The van der Waals surface area contributed by atoms with E-state index in [0.29, 0.717) is 30.8 Å². The number of anilines is 1. The molecule has 0 saturated carbocycles. The average molecular weight is 423 g/mol. The van der Waals surface area contributed by atoms with Gasteiger partial charge in [0.15, 0.2) is 5.82 Å². The first-order valence-electron chi connectivity index (χ1n) is 8.54. The molecule has 7 nitrogen and oxygen atoms in total. The van der Waals surface area contributed by atoms with Gasteiger partial charge in [-0.25, -0.2) is 9.18 Å². The van der Waals surface area contributed by atoms with Gasteiger partial charge in [0.25, 0.3) is 0 Å². The van der Waals surface area contributed by atoms with Crippen LogP contribution in [0, 0.1) is 5.82 Å². The van der Waals surface area contributed by atoms with Gasteiger partial charge in [0.1, 0.15) is 5.52 Å². The van der Waals surface area contributed by atoms with Crippen molar-refractivity contribution in [3.05, 3.63) is 27.6 Å². The Bertz CT molecular complexity index is 926. The molecule has 1 aromatic carbocycles. The molecule has 2 aromatic rings. The fourth-order valence-electron chi connectivity index (χ4n) is 4.56. The number of fused-ring (bicyclic) bond motifs is 5. The van der Waals surface area contributed by atoms with Gasteiger partial charge in [-0.05, 0) is 34.3 Å². The largest absolute Gasteiger partial charge is 0.465 e. The van der Waals surface area contributed by atoms with Crippen molar-refractivity contribution in [2.24, 2.45) is 0 Å². The summed E-state index contributed by atoms with van der Waals surface area (Å²) in [5.41, 5.74) is 2.83. The quantitative estimate of drug-likeness (QED) is 0.760. The monoisotopic (exact) mass is 422 g/mol. The molecule has 2 atom stereocenters. The first-order chi connectivity index (χ1) is 12.6. The number of carboxylic acid groups (broad SMARTS) is 1. The summed E-state index contributed by atoms with van der Waals surface area (Å²) in [6, 6.07) is 0.142. The summed E-state index contributed by atoms with van der Waals surface area (Å²) in [6.07, 6.45) is 2.62. The maximum Gasteiger partial charge on any atom is 0.407 e. The van der Waals surface area contributed by atoms with Crippen molar-refractivity contribution in [3.8, 4) is 0 Å². The smallest absolute Gasteiger partial charge is 0.407 e. The van der Waals surface area contributed by atoms with Crippen molar-refractivity contribution in [1.82, 2.24) is 15.1 Å². The van der Waals surface area contributed by atoms with Crippen molar-refractivity contribution >= 4 is 38.6 Å². The van der Waals surface area contributed by atoms with E-state index in [-0.39, 0.29) is 17.6 Å². The number of benzene rings is 1. The Morgan fingerprint density at radius 2 is 1.96 bits per heavy atom. The first-order valence-corrected chi connectivity index (χ1v) is 9.33. The number of amides is 1. The lowest BCUT2D eigenvalue weighted by Gasteiger charge is -2.41. The zero-order chi connectivity index (χ0) is 18.0. The second-order valence-electron chi connectivity index (χ2n) is 7.01. The summed E-state index contributed by atoms with van der Waals surface area (Å²) in [5, 5.41) is 18.2. The number of piperazine rings is 1. The Morgan fingerprint density at radius 1 is 1.27 bits per heavy atom. The lowest BCUT2D eigenvalue weighted by atomic mass is 10.0. The lowest BCUT2D eigenvalue weighted by molar-refractivity contribution is 0.133. The number of halogens is 2. The maximum atomic E-state index is 14.9. The predicted octanol–water partition coefficient (Wildman–Crippen LogP) is 2.89. The van der Waals surface area contributed by atoms with E-state index in [2.05, 4.69) is 31.0 Å². The molecule has 0 spiro atoms. The minimum absolute atomic E-state index is 0.0712. The van der Waals surface area contributed by atoms with Gasteiger partial charge < -0.3 is 19.6 Å². The van der Waals surface area contributed by atoms with Crippen LogP contribution >= 0.6 is 15.9 Å². The minimum Gasteiger partial charge on any atom is -0.465 e. The lowest BCUT2D eigenvalue weighted by Crippen LogP contribution is -2.55. The van der Waals surface area contributed by atoms with E-state index in [1.165, 1.54) is 4.90 Å². The van der Waals surface area contributed by atoms with Gasteiger partial charge in [-0.1, -0.05) is 0 Å². The van der Waals surface area contributed by atoms with Crippen LogP contribution in [0.25, 0.3) is 10.9 Å². The van der Waals surface area contributed by atoms with Crippen molar-refractivity contribution < 1.29 is 19.0 Å². The number of carbonyl (C=O) groups is 1. The van der Waals surface area contributed by atoms with Crippen LogP contribution in [0.15, 0.2) is 10.7 Å². The Balaban J connectivity index is 1.69. The molecule has 2 saturated heterocycles. The van der Waals surface area contributed by atoms with Gasteiger partial charge in [-0.15, -0.1) is 5.10 Å². The standard InChI is InChI=1S/C17H16BrFN4O3/c18-14-11-7-26-6-10(11)13-12(3-20-21-16(13)15(14)19)23-8-1-2-9(23)5-22(4-8)17(24)25/h3,8-9H,1-2,4-7H2,(H,24,25). The van der Waals surface area contributed by atoms with Crippen LogP contribution in [0.1, 0.15) is 24.0 Å². The molecule has 4 heterocycles. The summed E-state index contributed by atoms with van der Waals surface area (Å²) in [7, 11) is 0. The van der Waals surface area contributed by atoms with E-state index in [1.807, 2.05) is 0 Å². The molecule has 2 fully saturated rings. The van der Waals surface area contributed by atoms with Crippen LogP contribution in [0.4, 0.5) is 14.9 Å². The Kier molecular flexibility index (Phi) is 3.58. The molecule has 1 N–H and O–H groups in total. The number of ether oxygens (including phenoxy) is 1. The Labute approximate surface area is 156 Å². The molecule has 26 heavy (non-hydrogen) atoms. The molecular weight excluding hydrogens is 407 g/mol. The van der Waals surface area contributed by atoms with Crippen molar-refractivity contribution in [3.63, 3.8) is 0 Å². The van der Waals surface area contributed by atoms with E-state index >= 15 is 0 Å². The summed E-state index contributed by atoms with van der Waals surface area (Å²) in [6.45, 7) is 1.68. The fraction of sp³-hybridized carbons (Fsp3) is 0.471. The molecule has 2 bridgehead atoms. The second kappa shape index (κ2) is 5.75. The third-order valence-corrected chi connectivity index (χ3v) is 6.51. The third-order valence-electron chi connectivity index (χ3n) is 5.69. The van der Waals surface area contributed by atoms with Crippen LogP contribution in [-0.2, 0) is 18.0 Å². The molecule has 136 valence electrons. The second-order valence-corrected chi connectivity index (χ2v) is 7.80. The average Bonchev–Trinajstić information content (AvgIpc) is 3.21. The molecule has 0 radical (unpaired) electrons. The number of rotatable bonds is 1. The molecule has 3 aliphatic heterocycles. The minimum atomic E-state index is -0.886. The fourth-order valence-corrected chi connectivity index (χ4v) is 5.10. The summed E-state index contributed by atoms with van der Waals surface area (Å²) in [5.74, 6) is -0.421. The van der Waals surface area contributed by atoms with Crippen LogP contribution in [0.2, 0.25) is 0 Å². The number of aromatic nitrogens is 2. The summed E-state index contributed by atoms with van der Waals surface area (Å²) < 4.78 is 20.8. The molecule has 1 aromatic heterocycles. The molecule has 5 rings (SSSR count). The van der Waals surface area contributed by atoms with Crippen LogP contribution in [-0.4, -0.2) is 51.5 Å². The van der Waals surface area contributed by atoms with E-state index in [4.69, 9.17) is 4.74 Å². The highest BCUT2D eigenvalue weighted by Gasteiger charge is 2.43. The number of likely N-dealkylation sites (tertiary alicyclic amines) is 1.